The van der Waals surface area contributed by atoms with Crippen LogP contribution in [0.25, 0.3) is 0 Å². The minimum absolute atomic E-state index is 0.150. The van der Waals surface area contributed by atoms with Gasteiger partial charge < -0.3 is 20.7 Å². The Kier molecular flexibility index (Phi) is 4.82. The predicted octanol–water partition coefficient (Wildman–Crippen LogP) is 2.99. The summed E-state index contributed by atoms with van der Waals surface area (Å²) in [5.74, 6) is -0.525. The van der Waals surface area contributed by atoms with Gasteiger partial charge in [0.15, 0.2) is 5.54 Å². The number of nitrogens with zero attached hydrogens (tertiary/aromatic N) is 1. The highest BCUT2D eigenvalue weighted by atomic mass is 79.9. The smallest absolute Gasteiger partial charge is 0.410 e. The Morgan fingerprint density at radius 3 is 2.48 bits per heavy atom. The normalized spacial score (nSPS) is 16.5. The summed E-state index contributed by atoms with van der Waals surface area (Å²) in [7, 11) is 0. The first-order chi connectivity index (χ1) is 10.5. The first-order valence-corrected chi connectivity index (χ1v) is 8.21. The van der Waals surface area contributed by atoms with Gasteiger partial charge in [0.2, 0.25) is 5.91 Å². The maximum absolute atomic E-state index is 12.0. The standard InChI is InChI=1S/C15H19BrClN3O3/c1-14(2,3)23-13(22)20-7-15(8-20,12(18)21)19-9-4-5-11(17)10(16)6-9/h4-6,19H,7-8H2,1-3H3,(H2,18,21). The highest BCUT2D eigenvalue weighted by Gasteiger charge is 2.51. The molecule has 126 valence electrons. The highest BCUT2D eigenvalue weighted by molar-refractivity contribution is 9.10. The minimum atomic E-state index is -1.01. The third kappa shape index (κ3) is 4.09. The Balaban J connectivity index is 2.08. The van der Waals surface area contributed by atoms with Gasteiger partial charge in [-0.05, 0) is 54.9 Å². The van der Waals surface area contributed by atoms with Gasteiger partial charge in [-0.25, -0.2) is 4.79 Å². The second kappa shape index (κ2) is 6.20. The maximum Gasteiger partial charge on any atom is 0.410 e. The molecule has 0 saturated carbocycles. The van der Waals surface area contributed by atoms with Crippen LogP contribution in [-0.2, 0) is 9.53 Å². The van der Waals surface area contributed by atoms with E-state index in [1.54, 1.807) is 39.0 Å². The summed E-state index contributed by atoms with van der Waals surface area (Å²) in [5.41, 5.74) is 4.61. The van der Waals surface area contributed by atoms with Crippen LogP contribution in [0.4, 0.5) is 10.5 Å². The maximum atomic E-state index is 12.0. The SMILES string of the molecule is CC(C)(C)OC(=O)N1CC(Nc2ccc(Cl)c(Br)c2)(C(N)=O)C1. The molecule has 0 aromatic heterocycles. The molecule has 1 heterocycles. The molecular weight excluding hydrogens is 386 g/mol. The lowest BCUT2D eigenvalue weighted by atomic mass is 9.89. The predicted molar refractivity (Wildman–Crippen MR) is 92.5 cm³/mol. The van der Waals surface area contributed by atoms with Gasteiger partial charge >= 0.3 is 6.09 Å². The molecule has 6 nitrogen and oxygen atoms in total. The fourth-order valence-electron chi connectivity index (χ4n) is 2.21. The molecule has 0 bridgehead atoms. The van der Waals surface area contributed by atoms with Gasteiger partial charge in [-0.1, -0.05) is 11.6 Å². The number of hydrogen-bond donors (Lipinski definition) is 2. The van der Waals surface area contributed by atoms with E-state index < -0.39 is 23.1 Å². The van der Waals surface area contributed by atoms with Crippen LogP contribution in [0.2, 0.25) is 5.02 Å². The average molecular weight is 405 g/mol. The van der Waals surface area contributed by atoms with Crippen LogP contribution in [0.15, 0.2) is 22.7 Å². The van der Waals surface area contributed by atoms with Crippen molar-refractivity contribution >= 4 is 45.2 Å². The largest absolute Gasteiger partial charge is 0.444 e. The van der Waals surface area contributed by atoms with E-state index in [0.717, 1.165) is 0 Å². The number of carbonyl (C=O) groups excluding carboxylic acids is 2. The number of likely N-dealkylation sites (tertiary alicyclic amines) is 1. The summed E-state index contributed by atoms with van der Waals surface area (Å²) in [6.45, 7) is 5.66. The average Bonchev–Trinajstić information content (AvgIpc) is 2.34. The van der Waals surface area contributed by atoms with Crippen LogP contribution < -0.4 is 11.1 Å². The van der Waals surface area contributed by atoms with Crippen molar-refractivity contribution in [1.82, 2.24) is 4.90 Å². The number of primary amides is 1. The van der Waals surface area contributed by atoms with Gasteiger partial charge in [-0.2, -0.15) is 0 Å². The van der Waals surface area contributed by atoms with Crippen LogP contribution in [0.3, 0.4) is 0 Å². The molecule has 1 aliphatic rings. The number of hydrogen-bond acceptors (Lipinski definition) is 4. The van der Waals surface area contributed by atoms with Crippen molar-refractivity contribution in [3.05, 3.63) is 27.7 Å². The minimum Gasteiger partial charge on any atom is -0.444 e. The van der Waals surface area contributed by atoms with Gasteiger partial charge in [0.25, 0.3) is 0 Å². The van der Waals surface area contributed by atoms with Crippen LogP contribution in [-0.4, -0.2) is 41.1 Å². The number of benzene rings is 1. The molecule has 2 rings (SSSR count). The highest BCUT2D eigenvalue weighted by Crippen LogP contribution is 2.31. The number of amides is 2. The second-order valence-electron chi connectivity index (χ2n) is 6.54. The molecule has 1 aromatic rings. The third-order valence-electron chi connectivity index (χ3n) is 3.35. The fraction of sp³-hybridized carbons (Fsp3) is 0.467. The number of rotatable bonds is 3. The number of halogens is 2. The van der Waals surface area contributed by atoms with E-state index in [9.17, 15) is 9.59 Å². The Hall–Kier alpha value is -1.47. The molecule has 2 amide bonds. The van der Waals surface area contributed by atoms with Gasteiger partial charge in [0.05, 0.1) is 18.1 Å². The van der Waals surface area contributed by atoms with Gasteiger partial charge in [0.1, 0.15) is 5.60 Å². The van der Waals surface area contributed by atoms with Crippen molar-refractivity contribution in [2.75, 3.05) is 18.4 Å². The Labute approximate surface area is 148 Å². The second-order valence-corrected chi connectivity index (χ2v) is 7.80. The van der Waals surface area contributed by atoms with Crippen molar-refractivity contribution in [2.24, 2.45) is 5.73 Å². The van der Waals surface area contributed by atoms with Crippen LogP contribution >= 0.6 is 27.5 Å². The fourth-order valence-corrected chi connectivity index (χ4v) is 2.70. The summed E-state index contributed by atoms with van der Waals surface area (Å²) >= 11 is 9.28. The zero-order valence-corrected chi connectivity index (χ0v) is 15.5. The van der Waals surface area contributed by atoms with Gasteiger partial charge in [-0.3, -0.25) is 4.79 Å². The van der Waals surface area contributed by atoms with E-state index in [0.29, 0.717) is 15.2 Å². The number of nitrogens with two attached hydrogens (primary N) is 1. The molecule has 0 unspecified atom stereocenters. The molecular formula is C15H19BrClN3O3. The van der Waals surface area contributed by atoms with Crippen LogP contribution in [0.1, 0.15) is 20.8 Å². The van der Waals surface area contributed by atoms with Crippen LogP contribution in [0, 0.1) is 0 Å². The van der Waals surface area contributed by atoms with Gasteiger partial charge in [0, 0.05) is 10.2 Å². The lowest BCUT2D eigenvalue weighted by molar-refractivity contribution is -0.127. The van der Waals surface area contributed by atoms with Crippen molar-refractivity contribution in [2.45, 2.75) is 31.9 Å². The van der Waals surface area contributed by atoms with Gasteiger partial charge in [-0.15, -0.1) is 0 Å². The number of anilines is 1. The van der Waals surface area contributed by atoms with Crippen LogP contribution in [0.5, 0.6) is 0 Å². The molecule has 0 radical (unpaired) electrons. The molecule has 1 aliphatic heterocycles. The lowest BCUT2D eigenvalue weighted by Gasteiger charge is -2.48. The summed E-state index contributed by atoms with van der Waals surface area (Å²) < 4.78 is 5.98. The molecule has 3 N–H and O–H groups in total. The molecule has 1 aromatic carbocycles. The first kappa shape index (κ1) is 17.9. The zero-order chi connectivity index (χ0) is 17.4. The number of nitrogens with one attached hydrogen (secondary N) is 1. The monoisotopic (exact) mass is 403 g/mol. The van der Waals surface area contributed by atoms with Crippen molar-refractivity contribution in [1.29, 1.82) is 0 Å². The molecule has 0 spiro atoms. The number of ether oxygens (including phenoxy) is 1. The van der Waals surface area contributed by atoms with E-state index in [-0.39, 0.29) is 13.1 Å². The van der Waals surface area contributed by atoms with E-state index in [2.05, 4.69) is 21.2 Å². The molecule has 0 atom stereocenters. The Bertz CT molecular complexity index is 639. The number of carbonyl (C=O) groups is 2. The zero-order valence-electron chi connectivity index (χ0n) is 13.2. The van der Waals surface area contributed by atoms with Crippen molar-refractivity contribution in [3.8, 4) is 0 Å². The summed E-state index contributed by atoms with van der Waals surface area (Å²) in [6, 6.07) is 5.20. The quantitative estimate of drug-likeness (QED) is 0.811. The molecule has 1 fully saturated rings. The van der Waals surface area contributed by atoms with E-state index in [1.807, 2.05) is 0 Å². The molecule has 8 heteroatoms. The first-order valence-electron chi connectivity index (χ1n) is 7.03. The van der Waals surface area contributed by atoms with Crippen molar-refractivity contribution < 1.29 is 14.3 Å². The van der Waals surface area contributed by atoms with Crippen molar-refractivity contribution in [3.63, 3.8) is 0 Å². The molecule has 23 heavy (non-hydrogen) atoms. The lowest BCUT2D eigenvalue weighted by Crippen LogP contribution is -2.73. The topological polar surface area (TPSA) is 84.7 Å². The van der Waals surface area contributed by atoms with E-state index in [4.69, 9.17) is 22.1 Å². The molecule has 0 aliphatic carbocycles. The molecule has 1 saturated heterocycles. The summed E-state index contributed by atoms with van der Waals surface area (Å²) in [6.07, 6.45) is -0.464. The summed E-state index contributed by atoms with van der Waals surface area (Å²) in [5, 5.41) is 3.66. The van der Waals surface area contributed by atoms with E-state index >= 15 is 0 Å². The Morgan fingerprint density at radius 1 is 1.39 bits per heavy atom. The third-order valence-corrected chi connectivity index (χ3v) is 4.56. The Morgan fingerprint density at radius 2 is 2.00 bits per heavy atom. The van der Waals surface area contributed by atoms with E-state index in [1.165, 1.54) is 4.90 Å². The summed E-state index contributed by atoms with van der Waals surface area (Å²) in [4.78, 5) is 25.3.